The Morgan fingerprint density at radius 3 is 2.73 bits per heavy atom. The zero-order chi connectivity index (χ0) is 15.7. The zero-order valence-electron chi connectivity index (χ0n) is 13.4. The van der Waals surface area contributed by atoms with Crippen molar-refractivity contribution in [3.05, 3.63) is 64.7 Å². The molecule has 0 amide bonds. The molecule has 0 saturated heterocycles. The van der Waals surface area contributed by atoms with Crippen LogP contribution >= 0.6 is 0 Å². The summed E-state index contributed by atoms with van der Waals surface area (Å²) in [6.45, 7) is 4.63. The molecule has 3 heteroatoms. The van der Waals surface area contributed by atoms with Crippen LogP contribution in [0.1, 0.15) is 28.4 Å². The molecule has 0 saturated carbocycles. The van der Waals surface area contributed by atoms with E-state index < -0.39 is 5.60 Å². The van der Waals surface area contributed by atoms with Crippen LogP contribution in [0.3, 0.4) is 0 Å². The van der Waals surface area contributed by atoms with Gasteiger partial charge in [0, 0.05) is 13.0 Å². The first-order chi connectivity index (χ1) is 10.5. The third-order valence-corrected chi connectivity index (χ3v) is 4.60. The average Bonchev–Trinajstić information content (AvgIpc) is 2.76. The van der Waals surface area contributed by atoms with E-state index in [4.69, 9.17) is 4.74 Å². The third-order valence-electron chi connectivity index (χ3n) is 4.60. The van der Waals surface area contributed by atoms with Gasteiger partial charge in [-0.05, 0) is 49.2 Å². The number of rotatable bonds is 4. The summed E-state index contributed by atoms with van der Waals surface area (Å²) in [5.74, 6) is 0.844. The van der Waals surface area contributed by atoms with E-state index in [1.54, 1.807) is 0 Å². The normalized spacial score (nSPS) is 23.4. The molecule has 0 spiro atoms. The van der Waals surface area contributed by atoms with Crippen molar-refractivity contribution in [2.45, 2.75) is 32.0 Å². The first-order valence-corrected chi connectivity index (χ1v) is 7.73. The molecule has 0 fully saturated rings. The quantitative estimate of drug-likeness (QED) is 0.911. The molecule has 0 unspecified atom stereocenters. The molecule has 0 aliphatic heterocycles. The van der Waals surface area contributed by atoms with E-state index in [-0.39, 0.29) is 6.10 Å². The fraction of sp³-hybridized carbons (Fsp3) is 0.368. The predicted molar refractivity (Wildman–Crippen MR) is 88.3 cm³/mol. The van der Waals surface area contributed by atoms with Crippen LogP contribution in [0.15, 0.2) is 42.5 Å². The summed E-state index contributed by atoms with van der Waals surface area (Å²) >= 11 is 0. The van der Waals surface area contributed by atoms with Crippen LogP contribution in [0.25, 0.3) is 0 Å². The van der Waals surface area contributed by atoms with Crippen LogP contribution in [0.4, 0.5) is 0 Å². The van der Waals surface area contributed by atoms with Crippen molar-refractivity contribution in [3.63, 3.8) is 0 Å². The zero-order valence-corrected chi connectivity index (χ0v) is 13.4. The van der Waals surface area contributed by atoms with Crippen LogP contribution in [-0.4, -0.2) is 24.3 Å². The van der Waals surface area contributed by atoms with Gasteiger partial charge >= 0.3 is 0 Å². The Labute approximate surface area is 131 Å². The number of aliphatic hydroxyl groups is 1. The first kappa shape index (κ1) is 15.1. The Bertz CT molecular complexity index is 683. The van der Waals surface area contributed by atoms with Crippen molar-refractivity contribution in [1.82, 2.24) is 5.32 Å². The van der Waals surface area contributed by atoms with E-state index in [1.807, 2.05) is 31.3 Å². The molecular formula is C19H23NO2. The molecule has 1 aliphatic carbocycles. The second-order valence-electron chi connectivity index (χ2n) is 6.21. The number of aryl methyl sites for hydroxylation is 1. The van der Waals surface area contributed by atoms with Crippen LogP contribution in [-0.2, 0) is 6.42 Å². The SMILES string of the molecule is CNC[C@@]1(O)Cc2ccccc2[C@H]1Oc1cccc(C)c1C. The second-order valence-corrected chi connectivity index (χ2v) is 6.21. The highest BCUT2D eigenvalue weighted by molar-refractivity contribution is 5.42. The summed E-state index contributed by atoms with van der Waals surface area (Å²) in [5.41, 5.74) is 3.64. The van der Waals surface area contributed by atoms with Crippen LogP contribution in [0.2, 0.25) is 0 Å². The number of hydrogen-bond acceptors (Lipinski definition) is 3. The van der Waals surface area contributed by atoms with Crippen LogP contribution in [0, 0.1) is 13.8 Å². The lowest BCUT2D eigenvalue weighted by Gasteiger charge is -2.31. The van der Waals surface area contributed by atoms with Crippen molar-refractivity contribution in [2.24, 2.45) is 0 Å². The topological polar surface area (TPSA) is 41.5 Å². The van der Waals surface area contributed by atoms with Gasteiger partial charge < -0.3 is 15.2 Å². The predicted octanol–water partition coefficient (Wildman–Crippen LogP) is 2.93. The third kappa shape index (κ3) is 2.51. The Morgan fingerprint density at radius 2 is 1.95 bits per heavy atom. The molecular weight excluding hydrogens is 274 g/mol. The van der Waals surface area contributed by atoms with Gasteiger partial charge in [0.1, 0.15) is 11.4 Å². The molecule has 2 N–H and O–H groups in total. The smallest absolute Gasteiger partial charge is 0.154 e. The maximum absolute atomic E-state index is 11.1. The Hall–Kier alpha value is -1.84. The summed E-state index contributed by atoms with van der Waals surface area (Å²) in [7, 11) is 1.86. The van der Waals surface area contributed by atoms with E-state index in [9.17, 15) is 5.11 Å². The van der Waals surface area contributed by atoms with E-state index in [2.05, 4.69) is 37.4 Å². The van der Waals surface area contributed by atoms with Gasteiger partial charge in [-0.15, -0.1) is 0 Å². The highest BCUT2D eigenvalue weighted by Gasteiger charge is 2.46. The number of ether oxygens (including phenoxy) is 1. The first-order valence-electron chi connectivity index (χ1n) is 7.73. The number of benzene rings is 2. The summed E-state index contributed by atoms with van der Waals surface area (Å²) in [6, 6.07) is 14.2. The molecule has 3 rings (SSSR count). The minimum Gasteiger partial charge on any atom is -0.482 e. The Kier molecular flexibility index (Phi) is 3.94. The summed E-state index contributed by atoms with van der Waals surface area (Å²) < 4.78 is 6.29. The van der Waals surface area contributed by atoms with Crippen LogP contribution < -0.4 is 10.1 Å². The maximum atomic E-state index is 11.1. The van der Waals surface area contributed by atoms with Crippen molar-refractivity contribution in [2.75, 3.05) is 13.6 Å². The maximum Gasteiger partial charge on any atom is 0.154 e. The molecule has 2 aromatic rings. The molecule has 1 aliphatic rings. The number of likely N-dealkylation sites (N-methyl/N-ethyl adjacent to an activating group) is 1. The number of hydrogen-bond donors (Lipinski definition) is 2. The van der Waals surface area contributed by atoms with Crippen molar-refractivity contribution >= 4 is 0 Å². The number of nitrogens with one attached hydrogen (secondary N) is 1. The minimum absolute atomic E-state index is 0.350. The minimum atomic E-state index is -0.922. The molecule has 3 nitrogen and oxygen atoms in total. The molecule has 0 bridgehead atoms. The van der Waals surface area contributed by atoms with Gasteiger partial charge in [0.25, 0.3) is 0 Å². The molecule has 0 radical (unpaired) electrons. The van der Waals surface area contributed by atoms with E-state index in [0.717, 1.165) is 22.4 Å². The average molecular weight is 297 g/mol. The van der Waals surface area contributed by atoms with Crippen LogP contribution in [0.5, 0.6) is 5.75 Å². The highest BCUT2D eigenvalue weighted by Crippen LogP contribution is 2.42. The Balaban J connectivity index is 2.00. The largest absolute Gasteiger partial charge is 0.482 e. The van der Waals surface area contributed by atoms with E-state index >= 15 is 0 Å². The molecule has 22 heavy (non-hydrogen) atoms. The Morgan fingerprint density at radius 1 is 1.18 bits per heavy atom. The molecule has 0 heterocycles. The lowest BCUT2D eigenvalue weighted by atomic mass is 9.97. The second kappa shape index (κ2) is 5.75. The van der Waals surface area contributed by atoms with Crippen molar-refractivity contribution in [1.29, 1.82) is 0 Å². The van der Waals surface area contributed by atoms with Gasteiger partial charge in [0.15, 0.2) is 6.10 Å². The fourth-order valence-electron chi connectivity index (χ4n) is 3.28. The molecule has 0 aromatic heterocycles. The van der Waals surface area contributed by atoms with E-state index in [1.165, 1.54) is 5.56 Å². The molecule has 116 valence electrons. The van der Waals surface area contributed by atoms with Gasteiger partial charge in [-0.2, -0.15) is 0 Å². The van der Waals surface area contributed by atoms with Gasteiger partial charge in [-0.25, -0.2) is 0 Å². The summed E-state index contributed by atoms with van der Waals surface area (Å²) in [6.07, 6.45) is 0.260. The standard InChI is InChI=1S/C19H23NO2/c1-13-7-6-10-17(14(13)2)22-18-16-9-5-4-8-15(16)11-19(18,21)12-20-3/h4-10,18,20-21H,11-12H2,1-3H3/t18-,19+/m1/s1. The highest BCUT2D eigenvalue weighted by atomic mass is 16.5. The molecule has 2 atom stereocenters. The van der Waals surface area contributed by atoms with Crippen molar-refractivity contribution < 1.29 is 9.84 Å². The fourth-order valence-corrected chi connectivity index (χ4v) is 3.28. The summed E-state index contributed by atoms with van der Waals surface area (Å²) in [4.78, 5) is 0. The van der Waals surface area contributed by atoms with Gasteiger partial charge in [-0.3, -0.25) is 0 Å². The lowest BCUT2D eigenvalue weighted by Crippen LogP contribution is -2.45. The number of fused-ring (bicyclic) bond motifs is 1. The van der Waals surface area contributed by atoms with Gasteiger partial charge in [-0.1, -0.05) is 36.4 Å². The monoisotopic (exact) mass is 297 g/mol. The summed E-state index contributed by atoms with van der Waals surface area (Å²) in [5, 5.41) is 14.2. The van der Waals surface area contributed by atoms with E-state index in [0.29, 0.717) is 13.0 Å². The van der Waals surface area contributed by atoms with Gasteiger partial charge in [0.05, 0.1) is 0 Å². The molecule has 2 aromatic carbocycles. The van der Waals surface area contributed by atoms with Gasteiger partial charge in [0.2, 0.25) is 0 Å². The lowest BCUT2D eigenvalue weighted by molar-refractivity contribution is -0.0487. The van der Waals surface area contributed by atoms with Crippen molar-refractivity contribution in [3.8, 4) is 5.75 Å².